The molecule has 1 heterocycles. The molecule has 0 aromatic heterocycles. The van der Waals surface area contributed by atoms with Crippen molar-refractivity contribution in [3.05, 3.63) is 28.8 Å². The molecular weight excluding hydrogens is 348 g/mol. The predicted molar refractivity (Wildman–Crippen MR) is 111 cm³/mol. The van der Waals surface area contributed by atoms with Gasteiger partial charge >= 0.3 is 0 Å². The summed E-state index contributed by atoms with van der Waals surface area (Å²) < 4.78 is 5.19. The number of hydrogen-bond acceptors (Lipinski definition) is 3. The Hall–Kier alpha value is -1.46. The highest BCUT2D eigenvalue weighted by Crippen LogP contribution is 2.22. The SMILES string of the molecule is CCNC(=NCCC1CCN(C)CC1)NCCc1ccc(OC)cc1Cl. The molecule has 2 rings (SSSR count). The van der Waals surface area contributed by atoms with Gasteiger partial charge in [-0.15, -0.1) is 0 Å². The summed E-state index contributed by atoms with van der Waals surface area (Å²) >= 11 is 6.31. The molecule has 0 atom stereocenters. The molecule has 146 valence electrons. The molecule has 6 heteroatoms. The third kappa shape index (κ3) is 7.04. The maximum Gasteiger partial charge on any atom is 0.191 e. The lowest BCUT2D eigenvalue weighted by atomic mass is 9.94. The molecule has 0 amide bonds. The van der Waals surface area contributed by atoms with Gasteiger partial charge in [0.2, 0.25) is 0 Å². The first kappa shape index (κ1) is 20.8. The Kier molecular flexibility index (Phi) is 9.06. The van der Waals surface area contributed by atoms with Gasteiger partial charge in [0.25, 0.3) is 0 Å². The third-order valence-electron chi connectivity index (χ3n) is 4.94. The van der Waals surface area contributed by atoms with Crippen LogP contribution in [0.1, 0.15) is 31.7 Å². The van der Waals surface area contributed by atoms with Gasteiger partial charge in [0.05, 0.1) is 7.11 Å². The number of benzene rings is 1. The lowest BCUT2D eigenvalue weighted by Crippen LogP contribution is -2.38. The highest BCUT2D eigenvalue weighted by molar-refractivity contribution is 6.31. The van der Waals surface area contributed by atoms with E-state index in [0.29, 0.717) is 0 Å². The van der Waals surface area contributed by atoms with Gasteiger partial charge in [0.15, 0.2) is 5.96 Å². The molecule has 0 radical (unpaired) electrons. The van der Waals surface area contributed by atoms with E-state index in [1.54, 1.807) is 7.11 Å². The highest BCUT2D eigenvalue weighted by atomic mass is 35.5. The van der Waals surface area contributed by atoms with Crippen LogP contribution in [0.3, 0.4) is 0 Å². The molecule has 1 aliphatic rings. The lowest BCUT2D eigenvalue weighted by molar-refractivity contribution is 0.214. The van der Waals surface area contributed by atoms with Gasteiger partial charge in [0.1, 0.15) is 5.75 Å². The Balaban J connectivity index is 1.76. The Labute approximate surface area is 163 Å². The van der Waals surface area contributed by atoms with Crippen LogP contribution in [-0.4, -0.2) is 57.7 Å². The molecule has 1 aromatic rings. The molecule has 26 heavy (non-hydrogen) atoms. The molecule has 1 aliphatic heterocycles. The number of rotatable bonds is 8. The van der Waals surface area contributed by atoms with Gasteiger partial charge in [-0.05, 0) is 76.4 Å². The van der Waals surface area contributed by atoms with Crippen LogP contribution in [0.25, 0.3) is 0 Å². The second-order valence-electron chi connectivity index (χ2n) is 6.93. The topological polar surface area (TPSA) is 48.9 Å². The fourth-order valence-corrected chi connectivity index (χ4v) is 3.49. The monoisotopic (exact) mass is 380 g/mol. The van der Waals surface area contributed by atoms with Crippen molar-refractivity contribution in [3.8, 4) is 5.75 Å². The first-order chi connectivity index (χ1) is 12.6. The number of nitrogens with one attached hydrogen (secondary N) is 2. The Morgan fingerprint density at radius 1 is 1.31 bits per heavy atom. The quantitative estimate of drug-likeness (QED) is 0.537. The van der Waals surface area contributed by atoms with Gasteiger partial charge in [-0.25, -0.2) is 0 Å². The average molecular weight is 381 g/mol. The van der Waals surface area contributed by atoms with Crippen LogP contribution in [0.4, 0.5) is 0 Å². The van der Waals surface area contributed by atoms with Gasteiger partial charge in [-0.1, -0.05) is 17.7 Å². The van der Waals surface area contributed by atoms with Crippen molar-refractivity contribution in [1.29, 1.82) is 0 Å². The number of halogens is 1. The van der Waals surface area contributed by atoms with Crippen LogP contribution < -0.4 is 15.4 Å². The molecule has 2 N–H and O–H groups in total. The van der Waals surface area contributed by atoms with Crippen LogP contribution >= 0.6 is 11.6 Å². The second kappa shape index (κ2) is 11.3. The smallest absolute Gasteiger partial charge is 0.191 e. The minimum atomic E-state index is 0.746. The molecular formula is C20H33ClN4O. The average Bonchev–Trinajstić information content (AvgIpc) is 2.64. The Bertz CT molecular complexity index is 571. The zero-order valence-corrected chi connectivity index (χ0v) is 17.1. The fraction of sp³-hybridized carbons (Fsp3) is 0.650. The standard InChI is InChI=1S/C20H33ClN4O/c1-4-22-20(23-11-7-16-9-13-25(2)14-10-16)24-12-8-17-5-6-18(26-3)15-19(17)21/h5-6,15-16H,4,7-14H2,1-3H3,(H2,22,23,24). The Morgan fingerprint density at radius 2 is 2.08 bits per heavy atom. The number of aliphatic imine (C=N–C) groups is 1. The number of piperidine rings is 1. The molecule has 0 saturated carbocycles. The van der Waals surface area contributed by atoms with E-state index < -0.39 is 0 Å². The zero-order valence-electron chi connectivity index (χ0n) is 16.4. The minimum Gasteiger partial charge on any atom is -0.497 e. The lowest BCUT2D eigenvalue weighted by Gasteiger charge is -2.28. The third-order valence-corrected chi connectivity index (χ3v) is 5.29. The second-order valence-corrected chi connectivity index (χ2v) is 7.34. The summed E-state index contributed by atoms with van der Waals surface area (Å²) in [6.07, 6.45) is 4.62. The summed E-state index contributed by atoms with van der Waals surface area (Å²) in [7, 11) is 3.86. The van der Waals surface area contributed by atoms with Gasteiger partial charge in [0, 0.05) is 24.7 Å². The fourth-order valence-electron chi connectivity index (χ4n) is 3.22. The number of nitrogens with zero attached hydrogens (tertiary/aromatic N) is 2. The van der Waals surface area contributed by atoms with Crippen molar-refractivity contribution in [2.45, 2.75) is 32.6 Å². The van der Waals surface area contributed by atoms with Crippen LogP contribution in [0.15, 0.2) is 23.2 Å². The summed E-state index contributed by atoms with van der Waals surface area (Å²) in [4.78, 5) is 7.15. The number of hydrogen-bond donors (Lipinski definition) is 2. The van der Waals surface area contributed by atoms with E-state index in [1.807, 2.05) is 18.2 Å². The number of ether oxygens (including phenoxy) is 1. The molecule has 5 nitrogen and oxygen atoms in total. The largest absolute Gasteiger partial charge is 0.497 e. The van der Waals surface area contributed by atoms with E-state index >= 15 is 0 Å². The maximum absolute atomic E-state index is 6.31. The normalized spacial score (nSPS) is 16.5. The van der Waals surface area contributed by atoms with Gasteiger partial charge in [-0.2, -0.15) is 0 Å². The summed E-state index contributed by atoms with van der Waals surface area (Å²) in [5, 5.41) is 7.48. The first-order valence-electron chi connectivity index (χ1n) is 9.65. The molecule has 1 aromatic carbocycles. The van der Waals surface area contributed by atoms with E-state index in [2.05, 4.69) is 29.5 Å². The van der Waals surface area contributed by atoms with E-state index in [9.17, 15) is 0 Å². The molecule has 0 bridgehead atoms. The van der Waals surface area contributed by atoms with Crippen molar-refractivity contribution >= 4 is 17.6 Å². The van der Waals surface area contributed by atoms with Crippen LogP contribution in [0, 0.1) is 5.92 Å². The highest BCUT2D eigenvalue weighted by Gasteiger charge is 2.15. The van der Waals surface area contributed by atoms with Crippen molar-refractivity contribution < 1.29 is 4.74 Å². The summed E-state index contributed by atoms with van der Waals surface area (Å²) in [6, 6.07) is 5.83. The van der Waals surface area contributed by atoms with Crippen molar-refractivity contribution in [2.24, 2.45) is 10.9 Å². The van der Waals surface area contributed by atoms with Gasteiger partial charge in [-0.3, -0.25) is 4.99 Å². The maximum atomic E-state index is 6.31. The molecule has 1 fully saturated rings. The van der Waals surface area contributed by atoms with Crippen molar-refractivity contribution in [3.63, 3.8) is 0 Å². The Morgan fingerprint density at radius 3 is 2.73 bits per heavy atom. The van der Waals surface area contributed by atoms with E-state index in [4.69, 9.17) is 21.3 Å². The number of guanidine groups is 1. The van der Waals surface area contributed by atoms with E-state index in [-0.39, 0.29) is 0 Å². The minimum absolute atomic E-state index is 0.746. The predicted octanol–water partition coefficient (Wildman–Crippen LogP) is 3.18. The zero-order chi connectivity index (χ0) is 18.8. The summed E-state index contributed by atoms with van der Waals surface area (Å²) in [5.74, 6) is 2.50. The molecule has 1 saturated heterocycles. The number of methoxy groups -OCH3 is 1. The van der Waals surface area contributed by atoms with E-state index in [1.165, 1.54) is 32.4 Å². The van der Waals surface area contributed by atoms with Crippen LogP contribution in [-0.2, 0) is 6.42 Å². The molecule has 0 aliphatic carbocycles. The van der Waals surface area contributed by atoms with Crippen molar-refractivity contribution in [1.82, 2.24) is 15.5 Å². The van der Waals surface area contributed by atoms with Crippen LogP contribution in [0.5, 0.6) is 5.75 Å². The molecule has 0 spiro atoms. The van der Waals surface area contributed by atoms with E-state index in [0.717, 1.165) is 54.3 Å². The first-order valence-corrected chi connectivity index (χ1v) is 10.0. The molecule has 0 unspecified atom stereocenters. The summed E-state index contributed by atoms with van der Waals surface area (Å²) in [5.41, 5.74) is 1.11. The van der Waals surface area contributed by atoms with Crippen molar-refractivity contribution in [2.75, 3.05) is 46.9 Å². The van der Waals surface area contributed by atoms with Gasteiger partial charge < -0.3 is 20.3 Å². The summed E-state index contributed by atoms with van der Waals surface area (Å²) in [6.45, 7) is 7.07. The number of likely N-dealkylation sites (tertiary alicyclic amines) is 1. The van der Waals surface area contributed by atoms with Crippen LogP contribution in [0.2, 0.25) is 5.02 Å².